The molecule has 0 saturated carbocycles. The standard InChI is InChI=1S/C4H6BNO3/c5-6(1-2-7)3-4(8)9/h2H,1,3H2,(H,8,9). The van der Waals surface area contributed by atoms with Crippen LogP contribution in [0.25, 0.3) is 0 Å². The Morgan fingerprint density at radius 1 is 1.78 bits per heavy atom. The summed E-state index contributed by atoms with van der Waals surface area (Å²) in [6.45, 7) is -0.356. The molecule has 0 spiro atoms. The summed E-state index contributed by atoms with van der Waals surface area (Å²) < 4.78 is 0. The number of nitrogens with zero attached hydrogens (tertiary/aromatic N) is 1. The molecule has 5 heteroatoms. The molecule has 4 nitrogen and oxygen atoms in total. The van der Waals surface area contributed by atoms with Gasteiger partial charge in [0.25, 0.3) is 0 Å². The van der Waals surface area contributed by atoms with E-state index in [0.717, 1.165) is 4.81 Å². The average Bonchev–Trinajstić information content (AvgIpc) is 1.63. The van der Waals surface area contributed by atoms with Crippen molar-refractivity contribution in [2.24, 2.45) is 0 Å². The molecule has 1 N–H and O–H groups in total. The normalized spacial score (nSPS) is 9.44. The number of aliphatic carboxylic acids is 1. The molecule has 48 valence electrons. The molecule has 0 saturated heterocycles. The summed E-state index contributed by atoms with van der Waals surface area (Å²) in [5.74, 6) is -1.04. The molecule has 0 aromatic carbocycles. The predicted molar refractivity (Wildman–Crippen MR) is 31.0 cm³/mol. The lowest BCUT2D eigenvalue weighted by molar-refractivity contribution is -0.137. The largest absolute Gasteiger partial charge is 0.480 e. The van der Waals surface area contributed by atoms with E-state index in [1.807, 2.05) is 0 Å². The van der Waals surface area contributed by atoms with Gasteiger partial charge in [-0.05, 0) is 0 Å². The van der Waals surface area contributed by atoms with Crippen molar-refractivity contribution in [1.82, 2.24) is 4.81 Å². The number of carboxylic acids is 1. The lowest BCUT2D eigenvalue weighted by atomic mass is 10.3. The van der Waals surface area contributed by atoms with Crippen LogP contribution in [0.2, 0.25) is 0 Å². The third-order valence-corrected chi connectivity index (χ3v) is 0.647. The van der Waals surface area contributed by atoms with Crippen molar-refractivity contribution in [3.63, 3.8) is 0 Å². The van der Waals surface area contributed by atoms with Gasteiger partial charge in [0.1, 0.15) is 6.29 Å². The van der Waals surface area contributed by atoms with Crippen LogP contribution in [0.4, 0.5) is 0 Å². The molecule has 0 heterocycles. The Hall–Kier alpha value is -0.835. The first-order chi connectivity index (χ1) is 4.16. The summed E-state index contributed by atoms with van der Waals surface area (Å²) in [5.41, 5.74) is 0. The fourth-order valence-electron chi connectivity index (χ4n) is 0.334. The van der Waals surface area contributed by atoms with E-state index in [4.69, 9.17) is 13.1 Å². The van der Waals surface area contributed by atoms with E-state index in [1.165, 1.54) is 0 Å². The Balaban J connectivity index is 3.37. The van der Waals surface area contributed by atoms with E-state index in [-0.39, 0.29) is 13.1 Å². The highest BCUT2D eigenvalue weighted by Crippen LogP contribution is 1.75. The number of aldehydes is 1. The highest BCUT2D eigenvalue weighted by atomic mass is 16.4. The molecule has 0 aliphatic heterocycles. The lowest BCUT2D eigenvalue weighted by Crippen LogP contribution is -2.28. The monoisotopic (exact) mass is 127 g/mol. The van der Waals surface area contributed by atoms with Gasteiger partial charge >= 0.3 is 5.97 Å². The van der Waals surface area contributed by atoms with Gasteiger partial charge in [0, 0.05) is 6.54 Å². The molecule has 0 bridgehead atoms. The van der Waals surface area contributed by atoms with Gasteiger partial charge in [-0.15, -0.1) is 0 Å². The van der Waals surface area contributed by atoms with Crippen molar-refractivity contribution >= 4 is 20.2 Å². The maximum Gasteiger partial charge on any atom is 0.316 e. The minimum Gasteiger partial charge on any atom is -0.480 e. The number of rotatable bonds is 4. The Kier molecular flexibility index (Phi) is 3.71. The van der Waals surface area contributed by atoms with Crippen molar-refractivity contribution in [2.75, 3.05) is 13.1 Å². The van der Waals surface area contributed by atoms with Gasteiger partial charge in [-0.2, -0.15) is 0 Å². The van der Waals surface area contributed by atoms with Gasteiger partial charge in [0.15, 0.2) is 7.98 Å². The van der Waals surface area contributed by atoms with Crippen LogP contribution in [0.1, 0.15) is 0 Å². The van der Waals surface area contributed by atoms with E-state index >= 15 is 0 Å². The second-order valence-corrected chi connectivity index (χ2v) is 1.49. The van der Waals surface area contributed by atoms with Gasteiger partial charge < -0.3 is 14.7 Å². The van der Waals surface area contributed by atoms with Crippen molar-refractivity contribution in [3.8, 4) is 0 Å². The summed E-state index contributed by atoms with van der Waals surface area (Å²) in [7, 11) is 5.01. The van der Waals surface area contributed by atoms with Crippen molar-refractivity contribution in [2.45, 2.75) is 0 Å². The number of hydrogen-bond donors (Lipinski definition) is 1. The van der Waals surface area contributed by atoms with Crippen molar-refractivity contribution in [1.29, 1.82) is 0 Å². The van der Waals surface area contributed by atoms with Gasteiger partial charge in [-0.25, -0.2) is 0 Å². The second-order valence-electron chi connectivity index (χ2n) is 1.49. The Bertz CT molecular complexity index is 116. The molecule has 0 fully saturated rings. The van der Waals surface area contributed by atoms with Crippen LogP contribution in [0, 0.1) is 0 Å². The molecule has 0 atom stereocenters. The number of carbonyl (C=O) groups is 2. The molecule has 9 heavy (non-hydrogen) atoms. The van der Waals surface area contributed by atoms with E-state index in [0.29, 0.717) is 6.29 Å². The van der Waals surface area contributed by atoms with Crippen molar-refractivity contribution in [3.05, 3.63) is 0 Å². The van der Waals surface area contributed by atoms with Crippen LogP contribution in [0.3, 0.4) is 0 Å². The summed E-state index contributed by atoms with van der Waals surface area (Å²) in [5, 5.41) is 8.07. The fourth-order valence-corrected chi connectivity index (χ4v) is 0.334. The Morgan fingerprint density at radius 2 is 2.33 bits per heavy atom. The number of carboxylic acid groups (broad SMARTS) is 1. The first-order valence-electron chi connectivity index (χ1n) is 2.32. The van der Waals surface area contributed by atoms with E-state index in [1.54, 1.807) is 0 Å². The zero-order chi connectivity index (χ0) is 7.28. The smallest absolute Gasteiger partial charge is 0.316 e. The topological polar surface area (TPSA) is 57.6 Å². The van der Waals surface area contributed by atoms with Crippen LogP contribution in [0.15, 0.2) is 0 Å². The summed E-state index contributed by atoms with van der Waals surface area (Å²) in [4.78, 5) is 20.4. The van der Waals surface area contributed by atoms with Gasteiger partial charge in [-0.3, -0.25) is 4.79 Å². The molecule has 0 aromatic rings. The van der Waals surface area contributed by atoms with Gasteiger partial charge in [0.05, 0.1) is 6.54 Å². The molecular formula is C4H6BNO3. The van der Waals surface area contributed by atoms with Crippen LogP contribution in [0.5, 0.6) is 0 Å². The fraction of sp³-hybridized carbons (Fsp3) is 0.500. The third kappa shape index (κ3) is 5.03. The summed E-state index contributed by atoms with van der Waals surface area (Å²) >= 11 is 0. The third-order valence-electron chi connectivity index (χ3n) is 0.647. The van der Waals surface area contributed by atoms with Crippen LogP contribution in [-0.4, -0.2) is 43.2 Å². The average molecular weight is 127 g/mol. The Morgan fingerprint density at radius 3 is 2.67 bits per heavy atom. The highest BCUT2D eigenvalue weighted by molar-refractivity contribution is 6.06. The number of hydrogen-bond acceptors (Lipinski definition) is 3. The zero-order valence-corrected chi connectivity index (χ0v) is 4.78. The summed E-state index contributed by atoms with van der Waals surface area (Å²) in [6.07, 6.45) is 0.545. The lowest BCUT2D eigenvalue weighted by Gasteiger charge is -2.07. The van der Waals surface area contributed by atoms with Crippen LogP contribution < -0.4 is 0 Å². The Labute approximate surface area is 53.9 Å². The van der Waals surface area contributed by atoms with Gasteiger partial charge in [0.2, 0.25) is 0 Å². The minimum absolute atomic E-state index is 0.0493. The minimum atomic E-state index is -1.04. The first kappa shape index (κ1) is 8.16. The molecule has 2 radical (unpaired) electrons. The van der Waals surface area contributed by atoms with E-state index in [9.17, 15) is 9.59 Å². The van der Waals surface area contributed by atoms with Crippen LogP contribution >= 0.6 is 0 Å². The molecule has 0 amide bonds. The molecular weight excluding hydrogens is 121 g/mol. The molecule has 0 rings (SSSR count). The van der Waals surface area contributed by atoms with E-state index in [2.05, 4.69) is 0 Å². The predicted octanol–water partition coefficient (Wildman–Crippen LogP) is -1.34. The molecule has 0 aliphatic rings. The zero-order valence-electron chi connectivity index (χ0n) is 4.78. The highest BCUT2D eigenvalue weighted by Gasteiger charge is 2.00. The SMILES string of the molecule is [B]N(CC=O)CC(=O)O. The summed E-state index contributed by atoms with van der Waals surface area (Å²) in [6, 6.07) is 0. The first-order valence-corrected chi connectivity index (χ1v) is 2.32. The molecule has 0 aliphatic carbocycles. The van der Waals surface area contributed by atoms with E-state index < -0.39 is 5.97 Å². The second kappa shape index (κ2) is 4.08. The van der Waals surface area contributed by atoms with Gasteiger partial charge in [-0.1, -0.05) is 0 Å². The van der Waals surface area contributed by atoms with Crippen LogP contribution in [-0.2, 0) is 9.59 Å². The maximum atomic E-state index is 9.85. The molecule has 0 unspecified atom stereocenters. The number of carbonyl (C=O) groups excluding carboxylic acids is 1. The maximum absolute atomic E-state index is 9.85. The van der Waals surface area contributed by atoms with Crippen molar-refractivity contribution < 1.29 is 14.7 Å². The quantitative estimate of drug-likeness (QED) is 0.374. The molecule has 0 aromatic heterocycles.